The molecule has 1 aliphatic carbocycles. The van der Waals surface area contributed by atoms with Crippen LogP contribution >= 0.6 is 0 Å². The van der Waals surface area contributed by atoms with Gasteiger partial charge >= 0.3 is 0 Å². The Morgan fingerprint density at radius 2 is 1.92 bits per heavy atom. The summed E-state index contributed by atoms with van der Waals surface area (Å²) in [4.78, 5) is 3.86. The maximum absolute atomic E-state index is 13.0. The molecule has 5 heteroatoms. The molecule has 130 valence electrons. The number of rotatable bonds is 3. The van der Waals surface area contributed by atoms with Gasteiger partial charge in [0.05, 0.1) is 4.90 Å². The molecular weight excluding hydrogens is 332 g/mol. The summed E-state index contributed by atoms with van der Waals surface area (Å²) in [7, 11) is -1.77. The van der Waals surface area contributed by atoms with Crippen molar-refractivity contribution in [2.75, 3.05) is 7.05 Å². The Balaban J connectivity index is 1.67. The maximum atomic E-state index is 13.0. The summed E-state index contributed by atoms with van der Waals surface area (Å²) in [6.45, 7) is 1.91. The van der Waals surface area contributed by atoms with Gasteiger partial charge in [0.15, 0.2) is 0 Å². The molecule has 0 radical (unpaired) electrons. The normalized spacial score (nSPS) is 17.8. The van der Waals surface area contributed by atoms with Crippen LogP contribution in [0.5, 0.6) is 0 Å². The van der Waals surface area contributed by atoms with Gasteiger partial charge in [0.1, 0.15) is 0 Å². The van der Waals surface area contributed by atoms with Crippen molar-refractivity contribution in [1.29, 1.82) is 0 Å². The van der Waals surface area contributed by atoms with Crippen LogP contribution in [0.1, 0.15) is 23.2 Å². The Bertz CT molecular complexity index is 1040. The van der Waals surface area contributed by atoms with Crippen LogP contribution in [0.25, 0.3) is 10.9 Å². The molecule has 1 aromatic heterocycles. The van der Waals surface area contributed by atoms with Crippen molar-refractivity contribution < 1.29 is 8.42 Å². The van der Waals surface area contributed by atoms with Crippen molar-refractivity contribution in [2.24, 2.45) is 0 Å². The van der Waals surface area contributed by atoms with Crippen molar-refractivity contribution in [2.45, 2.75) is 37.1 Å². The zero-order valence-electron chi connectivity index (χ0n) is 14.5. The molecule has 0 spiro atoms. The van der Waals surface area contributed by atoms with Crippen LogP contribution in [0.2, 0.25) is 0 Å². The van der Waals surface area contributed by atoms with E-state index in [1.807, 2.05) is 25.1 Å². The summed E-state index contributed by atoms with van der Waals surface area (Å²) in [5.74, 6) is 0. The number of hydrogen-bond acceptors (Lipinski definition) is 2. The predicted octanol–water partition coefficient (Wildman–Crippen LogP) is 3.65. The third-order valence-corrected chi connectivity index (χ3v) is 7.16. The number of aromatic amines is 1. The molecule has 1 atom stereocenters. The van der Waals surface area contributed by atoms with E-state index in [2.05, 4.69) is 17.1 Å². The number of fused-ring (bicyclic) bond motifs is 3. The second kappa shape index (κ2) is 6.00. The van der Waals surface area contributed by atoms with E-state index in [1.54, 1.807) is 29.6 Å². The van der Waals surface area contributed by atoms with Gasteiger partial charge in [-0.05, 0) is 55.5 Å². The summed E-state index contributed by atoms with van der Waals surface area (Å²) in [5, 5.41) is 1.21. The number of aromatic nitrogens is 1. The van der Waals surface area contributed by atoms with Crippen molar-refractivity contribution in [3.05, 3.63) is 65.4 Å². The van der Waals surface area contributed by atoms with Gasteiger partial charge in [-0.15, -0.1) is 0 Å². The largest absolute Gasteiger partial charge is 0.358 e. The molecule has 0 fully saturated rings. The van der Waals surface area contributed by atoms with Crippen LogP contribution < -0.4 is 0 Å². The Labute approximate surface area is 148 Å². The Morgan fingerprint density at radius 1 is 1.12 bits per heavy atom. The number of hydrogen-bond donors (Lipinski definition) is 1. The average molecular weight is 354 g/mol. The van der Waals surface area contributed by atoms with Crippen LogP contribution in [0.3, 0.4) is 0 Å². The third-order valence-electron chi connectivity index (χ3n) is 5.25. The van der Waals surface area contributed by atoms with Gasteiger partial charge in [-0.1, -0.05) is 30.3 Å². The molecule has 4 rings (SSSR count). The van der Waals surface area contributed by atoms with Gasteiger partial charge in [-0.2, -0.15) is 4.31 Å². The highest BCUT2D eigenvalue weighted by molar-refractivity contribution is 7.89. The second-order valence-corrected chi connectivity index (χ2v) is 8.86. The minimum absolute atomic E-state index is 0.0165. The Morgan fingerprint density at radius 3 is 2.72 bits per heavy atom. The first-order valence-electron chi connectivity index (χ1n) is 8.60. The molecule has 1 heterocycles. The van der Waals surface area contributed by atoms with Crippen LogP contribution in [0.4, 0.5) is 0 Å². The zero-order valence-corrected chi connectivity index (χ0v) is 15.3. The molecule has 1 N–H and O–H groups in total. The monoisotopic (exact) mass is 354 g/mol. The summed E-state index contributed by atoms with van der Waals surface area (Å²) in [5.41, 5.74) is 4.60. The van der Waals surface area contributed by atoms with Gasteiger partial charge in [0.25, 0.3) is 0 Å². The van der Waals surface area contributed by atoms with Crippen LogP contribution in [-0.2, 0) is 22.9 Å². The summed E-state index contributed by atoms with van der Waals surface area (Å²) in [6.07, 6.45) is 2.46. The Hall–Kier alpha value is -2.11. The van der Waals surface area contributed by atoms with Crippen LogP contribution in [0, 0.1) is 6.92 Å². The number of benzene rings is 2. The van der Waals surface area contributed by atoms with Gasteiger partial charge in [-0.3, -0.25) is 0 Å². The van der Waals surface area contributed by atoms with Gasteiger partial charge in [-0.25, -0.2) is 8.42 Å². The molecule has 2 aromatic carbocycles. The molecule has 0 bridgehead atoms. The SMILES string of the molecule is Cc1cccc(S(=O)(=O)N(C)C2CCc3[nH]c4ccccc4c3C2)c1. The fourth-order valence-electron chi connectivity index (χ4n) is 3.80. The molecule has 0 aliphatic heterocycles. The first kappa shape index (κ1) is 16.4. The van der Waals surface area contributed by atoms with Crippen molar-refractivity contribution >= 4 is 20.9 Å². The highest BCUT2D eigenvalue weighted by Gasteiger charge is 2.32. The number of nitrogens with one attached hydrogen (secondary N) is 1. The van der Waals surface area contributed by atoms with Crippen molar-refractivity contribution in [3.63, 3.8) is 0 Å². The number of aryl methyl sites for hydroxylation is 2. The molecule has 4 nitrogen and oxygen atoms in total. The fourth-order valence-corrected chi connectivity index (χ4v) is 5.29. The van der Waals surface area contributed by atoms with E-state index in [4.69, 9.17) is 0 Å². The van der Waals surface area contributed by atoms with Gasteiger partial charge in [0, 0.05) is 29.7 Å². The molecule has 25 heavy (non-hydrogen) atoms. The number of H-pyrrole nitrogens is 1. The molecular formula is C20H22N2O2S. The Kier molecular flexibility index (Phi) is 3.93. The van der Waals surface area contributed by atoms with Gasteiger partial charge in [0.2, 0.25) is 10.0 Å². The summed E-state index contributed by atoms with van der Waals surface area (Å²) < 4.78 is 27.6. The number of sulfonamides is 1. The molecule has 1 aliphatic rings. The van der Waals surface area contributed by atoms with Crippen molar-refractivity contribution in [3.8, 4) is 0 Å². The van der Waals surface area contributed by atoms with E-state index in [-0.39, 0.29) is 6.04 Å². The average Bonchev–Trinajstić information content (AvgIpc) is 2.99. The van der Waals surface area contributed by atoms with E-state index in [9.17, 15) is 8.42 Å². The van der Waals surface area contributed by atoms with Crippen molar-refractivity contribution in [1.82, 2.24) is 9.29 Å². The molecule has 0 amide bonds. The first-order chi connectivity index (χ1) is 12.0. The molecule has 3 aromatic rings. The molecule has 0 saturated carbocycles. The maximum Gasteiger partial charge on any atom is 0.243 e. The highest BCUT2D eigenvalue weighted by Crippen LogP contribution is 2.32. The lowest BCUT2D eigenvalue weighted by Gasteiger charge is -2.30. The number of likely N-dealkylation sites (N-methyl/N-ethyl adjacent to an activating group) is 1. The summed E-state index contributed by atoms with van der Waals surface area (Å²) in [6, 6.07) is 15.4. The smallest absolute Gasteiger partial charge is 0.243 e. The van der Waals surface area contributed by atoms with Crippen LogP contribution in [-0.4, -0.2) is 30.8 Å². The highest BCUT2D eigenvalue weighted by atomic mass is 32.2. The van der Waals surface area contributed by atoms with E-state index in [0.29, 0.717) is 4.90 Å². The fraction of sp³-hybridized carbons (Fsp3) is 0.300. The van der Waals surface area contributed by atoms with Crippen LogP contribution in [0.15, 0.2) is 53.4 Å². The van der Waals surface area contributed by atoms with E-state index in [1.165, 1.54) is 16.6 Å². The first-order valence-corrected chi connectivity index (χ1v) is 10.0. The quantitative estimate of drug-likeness (QED) is 0.780. The lowest BCUT2D eigenvalue weighted by molar-refractivity contribution is 0.336. The predicted molar refractivity (Wildman–Crippen MR) is 100 cm³/mol. The minimum atomic E-state index is -3.48. The van der Waals surface area contributed by atoms with E-state index >= 15 is 0 Å². The van der Waals surface area contributed by atoms with E-state index < -0.39 is 10.0 Å². The molecule has 0 saturated heterocycles. The minimum Gasteiger partial charge on any atom is -0.358 e. The standard InChI is InChI=1S/C20H22N2O2S/c1-14-6-5-7-16(12-14)25(23,24)22(2)15-10-11-20-18(13-15)17-8-3-4-9-19(17)21-20/h3-9,12,15,21H,10-11,13H2,1-2H3. The zero-order chi connectivity index (χ0) is 17.6. The topological polar surface area (TPSA) is 53.2 Å². The second-order valence-electron chi connectivity index (χ2n) is 6.86. The lowest BCUT2D eigenvalue weighted by atomic mass is 9.91. The summed E-state index contributed by atoms with van der Waals surface area (Å²) >= 11 is 0. The third kappa shape index (κ3) is 2.77. The number of para-hydroxylation sites is 1. The lowest BCUT2D eigenvalue weighted by Crippen LogP contribution is -2.40. The molecule has 1 unspecified atom stereocenters. The van der Waals surface area contributed by atoms with Gasteiger partial charge < -0.3 is 4.98 Å². The number of nitrogens with zero attached hydrogens (tertiary/aromatic N) is 1. The van der Waals surface area contributed by atoms with E-state index in [0.717, 1.165) is 30.3 Å².